The summed E-state index contributed by atoms with van der Waals surface area (Å²) in [5.41, 5.74) is 0.560. The molecular weight excluding hydrogens is 357 g/mol. The van der Waals surface area contributed by atoms with Gasteiger partial charge in [0, 0.05) is 5.38 Å². The van der Waals surface area contributed by atoms with E-state index in [1.54, 1.807) is 20.8 Å². The number of anilines is 1. The van der Waals surface area contributed by atoms with Gasteiger partial charge in [-0.3, -0.25) is 0 Å². The minimum Gasteiger partial charge on any atom is -0.443 e. The molecule has 0 atom stereocenters. The number of hydrogen-bond donors (Lipinski definition) is 0. The molecule has 7 nitrogen and oxygen atoms in total. The molecule has 0 aliphatic heterocycles. The molecule has 0 unspecified atom stereocenters. The number of carbonyl (C=O) groups is 1. The first-order valence-corrected chi connectivity index (χ1v) is 9.19. The van der Waals surface area contributed by atoms with Crippen LogP contribution in [0, 0.1) is 12.7 Å². The fraction of sp³-hybridized carbons (Fsp3) is 0.357. The van der Waals surface area contributed by atoms with Crippen molar-refractivity contribution in [3.05, 3.63) is 34.5 Å². The third kappa shape index (κ3) is 3.88. The summed E-state index contributed by atoms with van der Waals surface area (Å²) in [5, 5.41) is 0.915. The maximum atomic E-state index is 13.4. The normalized spacial score (nSPS) is 12.0. The molecular formula is C14H16FN3O4S2. The zero-order chi connectivity index (χ0) is 18.1. The smallest absolute Gasteiger partial charge is 0.430 e. The standard InChI is InChI=1S/C14H16FN3O4S2/c1-9-5-12(16-6-10(9)15)24(20,21)18(11-7-23-8-17-11)13(19)22-14(2,3)4/h5-8H,1-4H3. The summed E-state index contributed by atoms with van der Waals surface area (Å²) in [6.45, 7) is 6.22. The fourth-order valence-corrected chi connectivity index (χ4v) is 3.54. The maximum Gasteiger partial charge on any atom is 0.430 e. The number of aromatic nitrogens is 2. The number of pyridine rings is 1. The Kier molecular flexibility index (Phi) is 4.90. The molecule has 130 valence electrons. The summed E-state index contributed by atoms with van der Waals surface area (Å²) >= 11 is 1.11. The van der Waals surface area contributed by atoms with Crippen molar-refractivity contribution in [2.24, 2.45) is 0 Å². The highest BCUT2D eigenvalue weighted by atomic mass is 32.2. The van der Waals surface area contributed by atoms with E-state index in [0.29, 0.717) is 4.31 Å². The Morgan fingerprint density at radius 2 is 2.00 bits per heavy atom. The highest BCUT2D eigenvalue weighted by Crippen LogP contribution is 2.25. The van der Waals surface area contributed by atoms with Crippen molar-refractivity contribution in [2.45, 2.75) is 38.3 Å². The van der Waals surface area contributed by atoms with Crippen LogP contribution in [0.15, 0.2) is 28.2 Å². The summed E-state index contributed by atoms with van der Waals surface area (Å²) in [7, 11) is -4.41. The summed E-state index contributed by atoms with van der Waals surface area (Å²) in [6.07, 6.45) is -0.325. The van der Waals surface area contributed by atoms with Crippen LogP contribution in [0.2, 0.25) is 0 Å². The second-order valence-corrected chi connectivity index (χ2v) is 8.32. The highest BCUT2D eigenvalue weighted by Gasteiger charge is 2.37. The molecule has 10 heteroatoms. The predicted molar refractivity (Wildman–Crippen MR) is 86.9 cm³/mol. The summed E-state index contributed by atoms with van der Waals surface area (Å²) in [6, 6.07) is 1.05. The van der Waals surface area contributed by atoms with E-state index in [1.165, 1.54) is 17.8 Å². The lowest BCUT2D eigenvalue weighted by Crippen LogP contribution is -2.41. The Hall–Kier alpha value is -2.07. The van der Waals surface area contributed by atoms with Crippen molar-refractivity contribution in [3.8, 4) is 0 Å². The van der Waals surface area contributed by atoms with Crippen LogP contribution in [0.1, 0.15) is 26.3 Å². The van der Waals surface area contributed by atoms with Crippen LogP contribution in [0.3, 0.4) is 0 Å². The number of hydrogen-bond acceptors (Lipinski definition) is 7. The van der Waals surface area contributed by atoms with Crippen LogP contribution in [-0.4, -0.2) is 30.1 Å². The zero-order valence-corrected chi connectivity index (χ0v) is 15.1. The molecule has 0 radical (unpaired) electrons. The quantitative estimate of drug-likeness (QED) is 0.821. The van der Waals surface area contributed by atoms with Gasteiger partial charge in [0.1, 0.15) is 11.4 Å². The van der Waals surface area contributed by atoms with Gasteiger partial charge in [-0.1, -0.05) is 0 Å². The maximum absolute atomic E-state index is 13.4. The van der Waals surface area contributed by atoms with Gasteiger partial charge in [-0.2, -0.15) is 8.42 Å². The van der Waals surface area contributed by atoms with Crippen LogP contribution in [0.5, 0.6) is 0 Å². The lowest BCUT2D eigenvalue weighted by Gasteiger charge is -2.25. The first kappa shape index (κ1) is 18.3. The van der Waals surface area contributed by atoms with Crippen molar-refractivity contribution in [1.82, 2.24) is 9.97 Å². The number of amides is 1. The largest absolute Gasteiger partial charge is 0.443 e. The molecule has 0 spiro atoms. The minimum absolute atomic E-state index is 0.0889. The Balaban J connectivity index is 2.53. The lowest BCUT2D eigenvalue weighted by molar-refractivity contribution is 0.0608. The van der Waals surface area contributed by atoms with Crippen molar-refractivity contribution < 1.29 is 22.3 Å². The highest BCUT2D eigenvalue weighted by molar-refractivity contribution is 7.93. The van der Waals surface area contributed by atoms with Gasteiger partial charge in [0.25, 0.3) is 10.0 Å². The summed E-state index contributed by atoms with van der Waals surface area (Å²) < 4.78 is 44.6. The van der Waals surface area contributed by atoms with E-state index in [-0.39, 0.29) is 11.4 Å². The molecule has 0 saturated carbocycles. The zero-order valence-electron chi connectivity index (χ0n) is 13.5. The van der Waals surface area contributed by atoms with Gasteiger partial charge in [0.05, 0.1) is 11.7 Å². The van der Waals surface area contributed by atoms with E-state index in [0.717, 1.165) is 23.6 Å². The van der Waals surface area contributed by atoms with Crippen LogP contribution in [-0.2, 0) is 14.8 Å². The van der Waals surface area contributed by atoms with E-state index < -0.39 is 32.6 Å². The van der Waals surface area contributed by atoms with E-state index in [1.807, 2.05) is 0 Å². The monoisotopic (exact) mass is 373 g/mol. The van der Waals surface area contributed by atoms with Gasteiger partial charge in [-0.05, 0) is 39.3 Å². The number of carbonyl (C=O) groups excluding carboxylic acids is 1. The molecule has 0 aromatic carbocycles. The molecule has 2 heterocycles. The SMILES string of the molecule is Cc1cc(S(=O)(=O)N(C(=O)OC(C)(C)C)c2cscn2)ncc1F. The molecule has 0 saturated heterocycles. The molecule has 1 amide bonds. The fourth-order valence-electron chi connectivity index (χ4n) is 1.67. The van der Waals surface area contributed by atoms with Crippen LogP contribution >= 0.6 is 11.3 Å². The predicted octanol–water partition coefficient (Wildman–Crippen LogP) is 3.12. The summed E-state index contributed by atoms with van der Waals surface area (Å²) in [5.74, 6) is -0.760. The third-order valence-corrected chi connectivity index (χ3v) is 4.86. The topological polar surface area (TPSA) is 89.5 Å². The number of aryl methyl sites for hydroxylation is 1. The summed E-state index contributed by atoms with van der Waals surface area (Å²) in [4.78, 5) is 19.9. The third-order valence-electron chi connectivity index (χ3n) is 2.71. The number of sulfonamides is 1. The molecule has 0 N–H and O–H groups in total. The molecule has 2 rings (SSSR count). The average molecular weight is 373 g/mol. The second-order valence-electron chi connectivity index (χ2n) is 5.87. The van der Waals surface area contributed by atoms with E-state index in [9.17, 15) is 17.6 Å². The van der Waals surface area contributed by atoms with Gasteiger partial charge >= 0.3 is 6.09 Å². The minimum atomic E-state index is -4.41. The average Bonchev–Trinajstić information content (AvgIpc) is 2.93. The number of ether oxygens (including phenoxy) is 1. The van der Waals surface area contributed by atoms with Gasteiger partial charge in [-0.25, -0.2) is 19.2 Å². The van der Waals surface area contributed by atoms with Crippen LogP contribution < -0.4 is 4.31 Å². The van der Waals surface area contributed by atoms with Crippen molar-refractivity contribution in [3.63, 3.8) is 0 Å². The molecule has 2 aromatic heterocycles. The number of halogens is 1. The molecule has 0 aliphatic rings. The van der Waals surface area contributed by atoms with E-state index in [4.69, 9.17) is 4.74 Å². The van der Waals surface area contributed by atoms with Crippen LogP contribution in [0.4, 0.5) is 15.0 Å². The van der Waals surface area contributed by atoms with Gasteiger partial charge in [0.2, 0.25) is 0 Å². The Morgan fingerprint density at radius 3 is 2.50 bits per heavy atom. The van der Waals surface area contributed by atoms with Crippen molar-refractivity contribution in [2.75, 3.05) is 4.31 Å². The van der Waals surface area contributed by atoms with E-state index in [2.05, 4.69) is 9.97 Å². The number of thiazole rings is 1. The molecule has 2 aromatic rings. The van der Waals surface area contributed by atoms with Crippen LogP contribution in [0.25, 0.3) is 0 Å². The molecule has 0 aliphatic carbocycles. The molecule has 24 heavy (non-hydrogen) atoms. The van der Waals surface area contributed by atoms with Gasteiger partial charge in [-0.15, -0.1) is 15.6 Å². The Morgan fingerprint density at radius 1 is 1.33 bits per heavy atom. The van der Waals surface area contributed by atoms with Crippen molar-refractivity contribution in [1.29, 1.82) is 0 Å². The van der Waals surface area contributed by atoms with Crippen molar-refractivity contribution >= 4 is 33.3 Å². The number of nitrogens with zero attached hydrogens (tertiary/aromatic N) is 3. The molecule has 0 bridgehead atoms. The van der Waals surface area contributed by atoms with Gasteiger partial charge in [0.15, 0.2) is 10.8 Å². The first-order valence-electron chi connectivity index (χ1n) is 6.81. The Labute approximate surface area is 143 Å². The lowest BCUT2D eigenvalue weighted by atomic mass is 10.2. The Bertz CT molecular complexity index is 845. The first-order chi connectivity index (χ1) is 11.0. The molecule has 0 fully saturated rings. The van der Waals surface area contributed by atoms with E-state index >= 15 is 0 Å². The second kappa shape index (κ2) is 6.44. The number of rotatable bonds is 3. The van der Waals surface area contributed by atoms with Gasteiger partial charge < -0.3 is 4.74 Å².